The Bertz CT molecular complexity index is 3590. The molecule has 0 N–H and O–H groups in total. The summed E-state index contributed by atoms with van der Waals surface area (Å²) < 4.78 is 4.24. The third kappa shape index (κ3) is 5.53. The normalized spacial score (nSPS) is 11.7. The highest BCUT2D eigenvalue weighted by Gasteiger charge is 2.25. The lowest BCUT2D eigenvalue weighted by Crippen LogP contribution is -2.48. The number of nitrogens with zero attached hydrogens (tertiary/aromatic N) is 2. The van der Waals surface area contributed by atoms with Crippen LogP contribution in [0.15, 0.2) is 164 Å². The van der Waals surface area contributed by atoms with Crippen LogP contribution >= 0.6 is 0 Å². The summed E-state index contributed by atoms with van der Waals surface area (Å²) in [6.07, 6.45) is 0. The van der Waals surface area contributed by atoms with E-state index in [1.807, 2.05) is 41.0 Å². The summed E-state index contributed by atoms with van der Waals surface area (Å²) in [6.45, 7) is 0. The molecule has 2 nitrogen and oxygen atoms in total. The van der Waals surface area contributed by atoms with E-state index in [0.717, 1.165) is 71.8 Å². The maximum absolute atomic E-state index is 7.39. The minimum Gasteiger partial charge on any atom is -0.311 e. The van der Waals surface area contributed by atoms with E-state index >= 15 is 0 Å². The van der Waals surface area contributed by atoms with Crippen LogP contribution in [0, 0.1) is 0 Å². The van der Waals surface area contributed by atoms with Crippen LogP contribution in [-0.2, 0) is 0 Å². The van der Waals surface area contributed by atoms with Crippen molar-refractivity contribution in [2.45, 2.75) is 0 Å². The van der Waals surface area contributed by atoms with Crippen molar-refractivity contribution in [1.29, 1.82) is 0 Å². The third-order valence-electron chi connectivity index (χ3n) is 12.3. The highest BCUT2D eigenvalue weighted by molar-refractivity contribution is 6.69. The second-order valence-corrected chi connectivity index (χ2v) is 15.6. The molecule has 0 fully saturated rings. The lowest BCUT2D eigenvalue weighted by molar-refractivity contribution is 1.18. The van der Waals surface area contributed by atoms with E-state index in [1.165, 1.54) is 0 Å². The first-order valence-electron chi connectivity index (χ1n) is 20.1. The van der Waals surface area contributed by atoms with Crippen molar-refractivity contribution in [2.24, 2.45) is 0 Å². The third-order valence-corrected chi connectivity index (χ3v) is 12.3. The molecule has 2 aromatic heterocycles. The Morgan fingerprint density at radius 1 is 0.311 bits per heavy atom. The van der Waals surface area contributed by atoms with Gasteiger partial charge < -0.3 is 9.13 Å². The molecule has 0 amide bonds. The van der Waals surface area contributed by atoms with E-state index in [4.69, 9.17) is 54.9 Å². The van der Waals surface area contributed by atoms with Gasteiger partial charge in [0.05, 0.1) is 11.0 Å². The number of hydrogen-bond donors (Lipinski definition) is 0. The number of hydrogen-bond acceptors (Lipinski definition) is 0. The van der Waals surface area contributed by atoms with Gasteiger partial charge in [-0.25, -0.2) is 0 Å². The smallest absolute Gasteiger partial charge is 0.115 e. The summed E-state index contributed by atoms with van der Waals surface area (Å²) in [5.74, 6) is 0. The number of aromatic nitrogens is 2. The van der Waals surface area contributed by atoms with Gasteiger partial charge in [0.15, 0.2) is 0 Å². The van der Waals surface area contributed by atoms with Crippen LogP contribution in [-0.4, -0.2) is 64.1 Å². The first-order chi connectivity index (χ1) is 29.7. The van der Waals surface area contributed by atoms with Crippen molar-refractivity contribution >= 4 is 148 Å². The monoisotopic (exact) mass is 756 g/mol. The average Bonchev–Trinajstić information content (AvgIpc) is 3.84. The van der Waals surface area contributed by atoms with E-state index in [1.54, 1.807) is 0 Å². The molecule has 61 heavy (non-hydrogen) atoms. The molecule has 0 saturated heterocycles. The molecular weight excluding hydrogens is 728 g/mol. The van der Waals surface area contributed by atoms with Gasteiger partial charge >= 0.3 is 0 Å². The Kier molecular flexibility index (Phi) is 8.69. The Hall–Kier alpha value is -6.71. The molecule has 0 spiro atoms. The molecule has 0 saturated carbocycles. The Labute approximate surface area is 363 Å². The van der Waals surface area contributed by atoms with Crippen LogP contribution < -0.4 is 38.2 Å². The molecule has 11 aromatic rings. The number of benzene rings is 9. The van der Waals surface area contributed by atoms with Crippen molar-refractivity contribution in [1.82, 2.24) is 9.13 Å². The average molecular weight is 755 g/mol. The molecule has 11 rings (SSSR count). The molecule has 2 heterocycles. The van der Waals surface area contributed by atoms with Gasteiger partial charge in [0, 0.05) is 38.6 Å². The van der Waals surface area contributed by atoms with E-state index < -0.39 is 0 Å². The number of fused-ring (bicyclic) bond motifs is 7. The second-order valence-electron chi connectivity index (χ2n) is 15.6. The van der Waals surface area contributed by atoms with Crippen LogP contribution in [0.4, 0.5) is 0 Å². The van der Waals surface area contributed by atoms with Crippen molar-refractivity contribution < 1.29 is 0 Å². The zero-order chi connectivity index (χ0) is 41.7. The maximum atomic E-state index is 7.39. The molecule has 0 aliphatic heterocycles. The zero-order valence-corrected chi connectivity index (χ0v) is 33.0. The molecule has 9 heteroatoms. The molecule has 0 atom stereocenters. The van der Waals surface area contributed by atoms with Crippen LogP contribution in [0.2, 0.25) is 0 Å². The van der Waals surface area contributed by atoms with Crippen LogP contribution in [0.1, 0.15) is 0 Å². The summed E-state index contributed by atoms with van der Waals surface area (Å²) in [5, 5.41) is 5.59. The highest BCUT2D eigenvalue weighted by atomic mass is 15.0. The molecule has 14 radical (unpaired) electrons. The molecule has 0 aliphatic rings. The standard InChI is InChI=1S/C52H27B7N2/c53-44-40(31-23-26-38-37(27-31)41-36(29-11-3-1-4-12-29)19-10-20-39(41)60(38)32-15-5-2-6-16-32)45(54)49(58)51-42(44)43-46(55)47(56)48(57)50(59)52(43)61(51)33-24-21-30(22-25-33)35-18-9-14-28-13-7-8-17-34(28)35/h1-27H. The van der Waals surface area contributed by atoms with Gasteiger partial charge in [-0.1, -0.05) is 149 Å². The van der Waals surface area contributed by atoms with E-state index in [9.17, 15) is 0 Å². The fourth-order valence-electron chi connectivity index (χ4n) is 9.47. The van der Waals surface area contributed by atoms with Crippen molar-refractivity contribution in [3.63, 3.8) is 0 Å². The van der Waals surface area contributed by atoms with Gasteiger partial charge in [0.25, 0.3) is 0 Å². The lowest BCUT2D eigenvalue weighted by atomic mass is 9.64. The summed E-state index contributed by atoms with van der Waals surface area (Å²) in [7, 11) is 48.7. The zero-order valence-electron chi connectivity index (χ0n) is 33.0. The van der Waals surface area contributed by atoms with Gasteiger partial charge in [-0.15, -0.1) is 10.9 Å². The molecule has 266 valence electrons. The molecule has 9 aromatic carbocycles. The summed E-state index contributed by atoms with van der Waals surface area (Å²) in [6, 6.07) is 56.4. The summed E-state index contributed by atoms with van der Waals surface area (Å²) >= 11 is 0. The second kappa shape index (κ2) is 14.2. The fourth-order valence-corrected chi connectivity index (χ4v) is 9.47. The van der Waals surface area contributed by atoms with Crippen LogP contribution in [0.5, 0.6) is 0 Å². The van der Waals surface area contributed by atoms with Gasteiger partial charge in [-0.05, 0) is 92.0 Å². The highest BCUT2D eigenvalue weighted by Crippen LogP contribution is 2.40. The van der Waals surface area contributed by atoms with E-state index in [-0.39, 0.29) is 21.9 Å². The SMILES string of the molecule is [B]c1c([B])c([B])c2c(c1[B])c1c([B])c(-c3ccc4c(c3)c3c(-c5ccccc5)cccc3n4-c3ccccc3)c([B])c([B])c1n2-c1ccc(-c2cccc3ccccc23)cc1. The molecular formula is C52H27B7N2. The minimum absolute atomic E-state index is 0.176. The number of rotatable bonds is 5. The maximum Gasteiger partial charge on any atom is 0.115 e. The van der Waals surface area contributed by atoms with E-state index in [0.29, 0.717) is 43.8 Å². The van der Waals surface area contributed by atoms with Gasteiger partial charge in [0.2, 0.25) is 0 Å². The molecule has 0 bridgehead atoms. The first kappa shape index (κ1) is 37.3. The Balaban J connectivity index is 1.19. The summed E-state index contributed by atoms with van der Waals surface area (Å²) in [5.41, 5.74) is 12.7. The molecule has 0 aliphatic carbocycles. The van der Waals surface area contributed by atoms with Crippen LogP contribution in [0.3, 0.4) is 0 Å². The quantitative estimate of drug-likeness (QED) is 0.203. The van der Waals surface area contributed by atoms with E-state index in [2.05, 4.69) is 132 Å². The lowest BCUT2D eigenvalue weighted by Gasteiger charge is -2.19. The van der Waals surface area contributed by atoms with Gasteiger partial charge in [-0.2, -0.15) is 0 Å². The molecule has 0 unspecified atom stereocenters. The Morgan fingerprint density at radius 2 is 0.869 bits per heavy atom. The first-order valence-corrected chi connectivity index (χ1v) is 20.1. The topological polar surface area (TPSA) is 9.86 Å². The largest absolute Gasteiger partial charge is 0.311 e. The van der Waals surface area contributed by atoms with Crippen molar-refractivity contribution in [2.75, 3.05) is 0 Å². The van der Waals surface area contributed by atoms with Gasteiger partial charge in [0.1, 0.15) is 54.9 Å². The Morgan fingerprint density at radius 3 is 1.62 bits per heavy atom. The predicted molar refractivity (Wildman–Crippen MR) is 267 cm³/mol. The van der Waals surface area contributed by atoms with Crippen molar-refractivity contribution in [3.05, 3.63) is 164 Å². The van der Waals surface area contributed by atoms with Gasteiger partial charge in [-0.3, -0.25) is 0 Å². The number of para-hydroxylation sites is 1. The predicted octanol–water partition coefficient (Wildman–Crippen LogP) is 5.59. The summed E-state index contributed by atoms with van der Waals surface area (Å²) in [4.78, 5) is 0. The van der Waals surface area contributed by atoms with Crippen LogP contribution in [0.25, 0.3) is 99.1 Å². The minimum atomic E-state index is 0.176. The fraction of sp³-hybridized carbons (Fsp3) is 0. The van der Waals surface area contributed by atoms with Crippen molar-refractivity contribution in [3.8, 4) is 44.8 Å².